The molecule has 0 spiro atoms. The van der Waals surface area contributed by atoms with Crippen LogP contribution in [0.3, 0.4) is 0 Å². The lowest BCUT2D eigenvalue weighted by molar-refractivity contribution is -0.135. The molecule has 3 amide bonds. The Bertz CT molecular complexity index is 2110. The number of aliphatic imine (C=N–C) groups is 1. The Labute approximate surface area is 319 Å². The van der Waals surface area contributed by atoms with E-state index in [9.17, 15) is 18.4 Å². The first-order chi connectivity index (χ1) is 25.8. The Balaban J connectivity index is 1.50. The number of alkyl halides is 2. The van der Waals surface area contributed by atoms with E-state index in [-0.39, 0.29) is 35.1 Å². The Morgan fingerprint density at radius 2 is 1.82 bits per heavy atom. The normalized spacial score (nSPS) is 18.0. The van der Waals surface area contributed by atoms with E-state index >= 15 is 9.18 Å². The SMILES string of the molecule is CC(C)(C)C[C@]1(c2ccc(-c3cnn(C(F)F)c3)cc2F)N=C(NC(=O)OC(C)(C)C)N([C@H](COC(=O)NC2CC2)c2ccc(Cl)c(-c3ncn[nH]3)c2)C1=O. The number of H-pyrrole nitrogens is 1. The molecule has 4 aromatic rings. The Kier molecular flexibility index (Phi) is 10.7. The van der Waals surface area contributed by atoms with Crippen molar-refractivity contribution < 1.29 is 37.0 Å². The quantitative estimate of drug-likeness (QED) is 0.149. The largest absolute Gasteiger partial charge is 0.447 e. The van der Waals surface area contributed by atoms with E-state index in [1.807, 2.05) is 20.8 Å². The van der Waals surface area contributed by atoms with E-state index < -0.39 is 59.7 Å². The first-order valence-electron chi connectivity index (χ1n) is 17.5. The number of hydrogen-bond donors (Lipinski definition) is 3. The van der Waals surface area contributed by atoms with Gasteiger partial charge in [-0.15, -0.1) is 0 Å². The number of benzene rings is 2. The highest BCUT2D eigenvalue weighted by Crippen LogP contribution is 2.47. The molecule has 0 saturated heterocycles. The fourth-order valence-electron chi connectivity index (χ4n) is 6.30. The average Bonchev–Trinajstić information content (AvgIpc) is 3.42. The van der Waals surface area contributed by atoms with Gasteiger partial charge in [-0.2, -0.15) is 19.0 Å². The third-order valence-corrected chi connectivity index (χ3v) is 9.00. The lowest BCUT2D eigenvalue weighted by Gasteiger charge is -2.35. The number of ether oxygens (including phenoxy) is 2. The van der Waals surface area contributed by atoms with Crippen LogP contribution in [0.2, 0.25) is 5.02 Å². The van der Waals surface area contributed by atoms with Gasteiger partial charge in [0.15, 0.2) is 11.4 Å². The van der Waals surface area contributed by atoms with Crippen LogP contribution < -0.4 is 10.6 Å². The smallest absolute Gasteiger partial charge is 0.414 e. The van der Waals surface area contributed by atoms with Crippen molar-refractivity contribution in [1.29, 1.82) is 0 Å². The summed E-state index contributed by atoms with van der Waals surface area (Å²) in [6.07, 6.45) is 3.42. The number of nitrogens with one attached hydrogen (secondary N) is 3. The number of hydrogen-bond acceptors (Lipinski definition) is 9. The molecule has 0 unspecified atom stereocenters. The molecule has 1 fully saturated rings. The molecule has 0 bridgehead atoms. The summed E-state index contributed by atoms with van der Waals surface area (Å²) in [6, 6.07) is 7.58. The van der Waals surface area contributed by atoms with Crippen molar-refractivity contribution in [3.05, 3.63) is 77.1 Å². The monoisotopic (exact) mass is 783 g/mol. The van der Waals surface area contributed by atoms with Gasteiger partial charge in [0.25, 0.3) is 5.91 Å². The molecule has 3 N–H and O–H groups in total. The van der Waals surface area contributed by atoms with E-state index in [4.69, 9.17) is 26.1 Å². The van der Waals surface area contributed by atoms with Crippen LogP contribution in [-0.2, 0) is 19.8 Å². The molecule has 1 aliphatic heterocycles. The van der Waals surface area contributed by atoms with Crippen LogP contribution in [0.5, 0.6) is 0 Å². The molecule has 55 heavy (non-hydrogen) atoms. The van der Waals surface area contributed by atoms with Crippen LogP contribution in [-0.4, -0.2) is 72.2 Å². The topological polar surface area (TPSA) is 169 Å². The van der Waals surface area contributed by atoms with Gasteiger partial charge in [0.2, 0.25) is 5.96 Å². The summed E-state index contributed by atoms with van der Waals surface area (Å²) >= 11 is 6.58. The van der Waals surface area contributed by atoms with E-state index in [2.05, 4.69) is 30.9 Å². The van der Waals surface area contributed by atoms with Crippen LogP contribution in [0, 0.1) is 11.2 Å². The van der Waals surface area contributed by atoms with E-state index in [0.717, 1.165) is 30.0 Å². The first kappa shape index (κ1) is 39.2. The van der Waals surface area contributed by atoms with Gasteiger partial charge in [-0.05, 0) is 74.8 Å². The molecule has 14 nitrogen and oxygen atoms in total. The summed E-state index contributed by atoms with van der Waals surface area (Å²) in [5.41, 5.74) is -2.52. The zero-order chi connectivity index (χ0) is 39.9. The second-order valence-electron chi connectivity index (χ2n) is 15.6. The number of amides is 3. The third-order valence-electron chi connectivity index (χ3n) is 8.67. The molecule has 2 atom stereocenters. The number of halogens is 4. The van der Waals surface area contributed by atoms with Gasteiger partial charge in [0, 0.05) is 28.9 Å². The number of aromatic nitrogens is 5. The van der Waals surface area contributed by atoms with Gasteiger partial charge in [0.05, 0.1) is 17.3 Å². The number of rotatable bonds is 10. The summed E-state index contributed by atoms with van der Waals surface area (Å²) in [7, 11) is 0. The molecule has 1 saturated carbocycles. The molecular weight excluding hydrogens is 743 g/mol. The minimum atomic E-state index is -2.90. The van der Waals surface area contributed by atoms with E-state index in [1.165, 1.54) is 24.7 Å². The maximum absolute atomic E-state index is 16.6. The number of carbonyl (C=O) groups is 3. The molecule has 2 aliphatic rings. The van der Waals surface area contributed by atoms with Crippen molar-refractivity contribution >= 4 is 35.7 Å². The number of alkyl carbamates (subject to hydrolysis) is 2. The fraction of sp³-hybridized carbons (Fsp3) is 0.432. The Morgan fingerprint density at radius 1 is 1.07 bits per heavy atom. The van der Waals surface area contributed by atoms with Crippen LogP contribution in [0.4, 0.5) is 22.8 Å². The van der Waals surface area contributed by atoms with Crippen LogP contribution >= 0.6 is 11.6 Å². The van der Waals surface area contributed by atoms with Crippen LogP contribution in [0.1, 0.15) is 84.5 Å². The summed E-state index contributed by atoms with van der Waals surface area (Å²) in [6.45, 7) is 7.18. The number of aromatic amines is 1. The van der Waals surface area contributed by atoms with Gasteiger partial charge < -0.3 is 14.8 Å². The molecule has 0 radical (unpaired) electrons. The fourth-order valence-corrected chi connectivity index (χ4v) is 6.51. The standard InChI is InChI=1S/C37H41ClF3N9O5/c1-35(2,3)18-37(25-11-7-20(14-27(25)39)22-15-44-49(16-22)31(40)41)30(51)50(32(47-37)46-34(53)55-36(4,5)6)28(17-54-33(52)45-23-9-10-23)21-8-12-26(38)24(13-21)29-42-19-43-48-29/h7-8,11-16,19,23,28,31H,9-10,17-18H2,1-6H3,(H,45,52)(H,42,43,48)(H,46,47,53)/t28-,37-/m1/s1. The van der Waals surface area contributed by atoms with Gasteiger partial charge >= 0.3 is 18.7 Å². The maximum atomic E-state index is 16.6. The Hall–Kier alpha value is -5.45. The average molecular weight is 784 g/mol. The molecular formula is C37H41ClF3N9O5. The van der Waals surface area contributed by atoms with E-state index in [1.54, 1.807) is 39.0 Å². The first-order valence-corrected chi connectivity index (χ1v) is 17.9. The van der Waals surface area contributed by atoms with Crippen molar-refractivity contribution in [2.24, 2.45) is 10.4 Å². The second-order valence-corrected chi connectivity index (χ2v) is 16.0. The van der Waals surface area contributed by atoms with Crippen LogP contribution in [0.15, 0.2) is 60.1 Å². The summed E-state index contributed by atoms with van der Waals surface area (Å²) in [5, 5.41) is 16.0. The predicted molar refractivity (Wildman–Crippen MR) is 195 cm³/mol. The predicted octanol–water partition coefficient (Wildman–Crippen LogP) is 7.51. The zero-order valence-electron chi connectivity index (χ0n) is 31.0. The molecule has 2 aromatic heterocycles. The molecule has 18 heteroatoms. The van der Waals surface area contributed by atoms with Crippen molar-refractivity contribution in [3.8, 4) is 22.5 Å². The molecule has 3 heterocycles. The molecule has 1 aliphatic carbocycles. The highest BCUT2D eigenvalue weighted by Gasteiger charge is 2.55. The summed E-state index contributed by atoms with van der Waals surface area (Å²) in [4.78, 5) is 51.9. The second kappa shape index (κ2) is 15.0. The van der Waals surface area contributed by atoms with Gasteiger partial charge in [-0.25, -0.2) is 28.6 Å². The molecule has 6 rings (SSSR count). The highest BCUT2D eigenvalue weighted by atomic mass is 35.5. The summed E-state index contributed by atoms with van der Waals surface area (Å²) in [5.74, 6) is -1.59. The van der Waals surface area contributed by atoms with E-state index in [0.29, 0.717) is 26.7 Å². The molecule has 292 valence electrons. The number of nitrogens with zero attached hydrogens (tertiary/aromatic N) is 6. The lowest BCUT2D eigenvalue weighted by Crippen LogP contribution is -2.50. The highest BCUT2D eigenvalue weighted by molar-refractivity contribution is 6.33. The molecule has 2 aromatic carbocycles. The van der Waals surface area contributed by atoms with Gasteiger partial charge in [-0.1, -0.05) is 50.6 Å². The number of guanidine groups is 1. The van der Waals surface area contributed by atoms with Gasteiger partial charge in [0.1, 0.15) is 24.4 Å². The van der Waals surface area contributed by atoms with Crippen molar-refractivity contribution in [2.45, 2.75) is 90.6 Å². The van der Waals surface area contributed by atoms with Crippen molar-refractivity contribution in [2.75, 3.05) is 6.61 Å². The van der Waals surface area contributed by atoms with Crippen LogP contribution in [0.25, 0.3) is 22.5 Å². The lowest BCUT2D eigenvalue weighted by atomic mass is 9.75. The third kappa shape index (κ3) is 8.93. The zero-order valence-corrected chi connectivity index (χ0v) is 31.7. The maximum Gasteiger partial charge on any atom is 0.414 e. The Morgan fingerprint density at radius 3 is 2.42 bits per heavy atom. The minimum Gasteiger partial charge on any atom is -0.447 e. The number of carbonyl (C=O) groups excluding carboxylic acids is 3. The van der Waals surface area contributed by atoms with Crippen molar-refractivity contribution in [1.82, 2.24) is 40.5 Å². The van der Waals surface area contributed by atoms with Gasteiger partial charge in [-0.3, -0.25) is 20.1 Å². The van der Waals surface area contributed by atoms with Crippen molar-refractivity contribution in [3.63, 3.8) is 0 Å². The minimum absolute atomic E-state index is 0.0333. The summed E-state index contributed by atoms with van der Waals surface area (Å²) < 4.78 is 54.9.